The zero-order valence-electron chi connectivity index (χ0n) is 10.3. The normalized spacial score (nSPS) is 32.2. The van der Waals surface area contributed by atoms with Gasteiger partial charge < -0.3 is 4.74 Å². The van der Waals surface area contributed by atoms with Gasteiger partial charge in [-0.15, -0.1) is 0 Å². The van der Waals surface area contributed by atoms with Crippen molar-refractivity contribution >= 4 is 11.9 Å². The van der Waals surface area contributed by atoms with Crippen molar-refractivity contribution in [2.24, 2.45) is 5.92 Å². The van der Waals surface area contributed by atoms with E-state index in [4.69, 9.17) is 4.74 Å². The maximum absolute atomic E-state index is 12.0. The number of carbonyl (C=O) groups is 2. The largest absolute Gasteiger partial charge is 0.444 e. The molecule has 4 nitrogen and oxygen atoms in total. The number of likely N-dealkylation sites (tertiary alicyclic amines) is 1. The van der Waals surface area contributed by atoms with Crippen LogP contribution >= 0.6 is 0 Å². The van der Waals surface area contributed by atoms with Crippen LogP contribution in [0, 0.1) is 5.92 Å². The molecule has 90 valence electrons. The van der Waals surface area contributed by atoms with Gasteiger partial charge >= 0.3 is 6.09 Å². The molecule has 4 heteroatoms. The average molecular weight is 225 g/mol. The van der Waals surface area contributed by atoms with E-state index in [1.807, 2.05) is 20.8 Å². The summed E-state index contributed by atoms with van der Waals surface area (Å²) in [4.78, 5) is 25.1. The van der Waals surface area contributed by atoms with E-state index in [1.54, 1.807) is 11.8 Å². The molecule has 0 radical (unpaired) electrons. The fourth-order valence-corrected chi connectivity index (χ4v) is 2.40. The smallest absolute Gasteiger partial charge is 0.411 e. The van der Waals surface area contributed by atoms with Crippen LogP contribution < -0.4 is 0 Å². The molecule has 16 heavy (non-hydrogen) atoms. The summed E-state index contributed by atoms with van der Waals surface area (Å²) in [7, 11) is 0. The first-order chi connectivity index (χ1) is 7.29. The molecule has 0 spiro atoms. The molecule has 0 bridgehead atoms. The highest BCUT2D eigenvalue weighted by Crippen LogP contribution is 2.48. The van der Waals surface area contributed by atoms with E-state index in [-0.39, 0.29) is 24.0 Å². The Morgan fingerprint density at radius 3 is 2.38 bits per heavy atom. The minimum Gasteiger partial charge on any atom is -0.444 e. The van der Waals surface area contributed by atoms with Crippen LogP contribution in [0.5, 0.6) is 0 Å². The Morgan fingerprint density at radius 2 is 1.88 bits per heavy atom. The molecule has 0 unspecified atom stereocenters. The highest BCUT2D eigenvalue weighted by atomic mass is 16.6. The second kappa shape index (κ2) is 3.47. The first kappa shape index (κ1) is 11.4. The third kappa shape index (κ3) is 2.06. The van der Waals surface area contributed by atoms with Crippen molar-refractivity contribution in [1.82, 2.24) is 4.90 Å². The maximum Gasteiger partial charge on any atom is 0.411 e. The minimum absolute atomic E-state index is 0.0676. The van der Waals surface area contributed by atoms with Gasteiger partial charge in [-0.25, -0.2) is 4.79 Å². The number of fused-ring (bicyclic) bond motifs is 1. The molecule has 1 saturated carbocycles. The quantitative estimate of drug-likeness (QED) is 0.685. The van der Waals surface area contributed by atoms with Crippen LogP contribution in [0.3, 0.4) is 0 Å². The van der Waals surface area contributed by atoms with Crippen LogP contribution in [0.1, 0.15) is 40.5 Å². The number of amides is 1. The highest BCUT2D eigenvalue weighted by molar-refractivity contribution is 5.86. The average Bonchev–Trinajstić information content (AvgIpc) is 2.73. The van der Waals surface area contributed by atoms with Gasteiger partial charge in [0.1, 0.15) is 5.60 Å². The molecule has 0 N–H and O–H groups in total. The third-order valence-corrected chi connectivity index (χ3v) is 3.18. The Bertz CT molecular complexity index is 332. The van der Waals surface area contributed by atoms with Gasteiger partial charge in [-0.3, -0.25) is 9.69 Å². The second-order valence-corrected chi connectivity index (χ2v) is 5.81. The Morgan fingerprint density at radius 1 is 1.25 bits per heavy atom. The van der Waals surface area contributed by atoms with E-state index in [2.05, 4.69) is 0 Å². The summed E-state index contributed by atoms with van der Waals surface area (Å²) < 4.78 is 5.33. The van der Waals surface area contributed by atoms with Crippen LogP contribution in [0.2, 0.25) is 0 Å². The lowest BCUT2D eigenvalue weighted by Gasteiger charge is -2.29. The first-order valence-electron chi connectivity index (χ1n) is 5.81. The molecular formula is C12H19NO3. The van der Waals surface area contributed by atoms with E-state index < -0.39 is 5.60 Å². The number of nitrogens with zero attached hydrogens (tertiary/aromatic N) is 1. The van der Waals surface area contributed by atoms with Gasteiger partial charge in [0.05, 0.1) is 6.04 Å². The number of rotatable bonds is 1. The van der Waals surface area contributed by atoms with Gasteiger partial charge in [-0.1, -0.05) is 0 Å². The maximum atomic E-state index is 12.0. The van der Waals surface area contributed by atoms with Crippen molar-refractivity contribution in [3.63, 3.8) is 0 Å². The fourth-order valence-electron chi connectivity index (χ4n) is 2.40. The summed E-state index contributed by atoms with van der Waals surface area (Å²) in [6.45, 7) is 7.07. The molecule has 1 aliphatic heterocycles. The van der Waals surface area contributed by atoms with Crippen molar-refractivity contribution in [1.29, 1.82) is 0 Å². The summed E-state index contributed by atoms with van der Waals surface area (Å²) in [6.07, 6.45) is 1.51. The van der Waals surface area contributed by atoms with Gasteiger partial charge in [-0.2, -0.15) is 0 Å². The van der Waals surface area contributed by atoms with Gasteiger partial charge in [-0.05, 0) is 46.5 Å². The fraction of sp³-hybridized carbons (Fsp3) is 0.833. The third-order valence-electron chi connectivity index (χ3n) is 3.18. The van der Waals surface area contributed by atoms with Crippen molar-refractivity contribution < 1.29 is 14.3 Å². The molecule has 1 amide bonds. The molecular weight excluding hydrogens is 206 g/mol. The summed E-state index contributed by atoms with van der Waals surface area (Å²) >= 11 is 0. The predicted molar refractivity (Wildman–Crippen MR) is 59.1 cm³/mol. The standard InChI is InChI=1S/C12H19NO3/c1-7(14)9-5-8-6-10(8)13(9)11(15)16-12(2,3)4/h8-10H,5-6H2,1-4H3/t8-,9-,10+/m0/s1. The molecule has 2 fully saturated rings. The van der Waals surface area contributed by atoms with E-state index in [1.165, 1.54) is 0 Å². The van der Waals surface area contributed by atoms with Crippen molar-refractivity contribution in [3.8, 4) is 0 Å². The first-order valence-corrected chi connectivity index (χ1v) is 5.81. The molecule has 1 saturated heterocycles. The molecule has 1 aliphatic carbocycles. The molecule has 0 aromatic carbocycles. The van der Waals surface area contributed by atoms with Crippen LogP contribution in [0.25, 0.3) is 0 Å². The van der Waals surface area contributed by atoms with Crippen LogP contribution in [0.15, 0.2) is 0 Å². The number of ether oxygens (including phenoxy) is 1. The van der Waals surface area contributed by atoms with Gasteiger partial charge in [0.2, 0.25) is 0 Å². The lowest BCUT2D eigenvalue weighted by molar-refractivity contribution is -0.121. The molecule has 3 atom stereocenters. The summed E-state index contributed by atoms with van der Waals surface area (Å²) in [5, 5.41) is 0. The lowest BCUT2D eigenvalue weighted by Crippen LogP contribution is -2.44. The lowest BCUT2D eigenvalue weighted by atomic mass is 10.1. The molecule has 2 rings (SSSR count). The SMILES string of the molecule is CC(=O)[C@@H]1C[C@H]2C[C@H]2N1C(=O)OC(C)(C)C. The van der Waals surface area contributed by atoms with E-state index in [0.717, 1.165) is 12.8 Å². The van der Waals surface area contributed by atoms with E-state index in [9.17, 15) is 9.59 Å². The van der Waals surface area contributed by atoms with E-state index >= 15 is 0 Å². The van der Waals surface area contributed by atoms with Crippen LogP contribution in [-0.2, 0) is 9.53 Å². The predicted octanol–water partition coefficient (Wildman–Crippen LogP) is 1.97. The van der Waals surface area contributed by atoms with E-state index in [0.29, 0.717) is 5.92 Å². The summed E-state index contributed by atoms with van der Waals surface area (Å²) in [5.41, 5.74) is -0.495. The van der Waals surface area contributed by atoms with Crippen LogP contribution in [0.4, 0.5) is 4.79 Å². The number of piperidine rings is 1. The highest BCUT2D eigenvalue weighted by Gasteiger charge is 2.56. The molecule has 0 aromatic heterocycles. The number of hydrogen-bond acceptors (Lipinski definition) is 3. The Kier molecular flexibility index (Phi) is 2.48. The molecule has 2 aliphatic rings. The minimum atomic E-state index is -0.495. The number of hydrogen-bond donors (Lipinski definition) is 0. The Hall–Kier alpha value is -1.06. The summed E-state index contributed by atoms with van der Waals surface area (Å²) in [6, 6.07) is 0.00218. The zero-order valence-corrected chi connectivity index (χ0v) is 10.3. The molecule has 1 heterocycles. The number of carbonyl (C=O) groups excluding carboxylic acids is 2. The number of Topliss-reactive ketones (excluding diaryl/α,β-unsaturated/α-hetero) is 1. The summed E-state index contributed by atoms with van der Waals surface area (Å²) in [5.74, 6) is 0.597. The van der Waals surface area contributed by atoms with Crippen molar-refractivity contribution in [2.75, 3.05) is 0 Å². The Balaban J connectivity index is 2.07. The Labute approximate surface area is 95.9 Å². The molecule has 0 aromatic rings. The van der Waals surface area contributed by atoms with Gasteiger partial charge in [0.25, 0.3) is 0 Å². The van der Waals surface area contributed by atoms with Gasteiger partial charge in [0.15, 0.2) is 5.78 Å². The van der Waals surface area contributed by atoms with Crippen molar-refractivity contribution in [3.05, 3.63) is 0 Å². The van der Waals surface area contributed by atoms with Gasteiger partial charge in [0, 0.05) is 6.04 Å². The number of ketones is 1. The zero-order chi connectivity index (χ0) is 12.1. The topological polar surface area (TPSA) is 46.6 Å². The van der Waals surface area contributed by atoms with Crippen LogP contribution in [-0.4, -0.2) is 34.5 Å². The monoisotopic (exact) mass is 225 g/mol. The second-order valence-electron chi connectivity index (χ2n) is 5.81. The van der Waals surface area contributed by atoms with Crippen molar-refractivity contribution in [2.45, 2.75) is 58.2 Å².